The van der Waals surface area contributed by atoms with E-state index in [0.29, 0.717) is 11.7 Å². The maximum atomic E-state index is 12.2. The second-order valence-electron chi connectivity index (χ2n) is 6.38. The molecule has 7 heteroatoms. The molecule has 1 N–H and O–H groups in total. The van der Waals surface area contributed by atoms with Crippen molar-refractivity contribution in [3.05, 3.63) is 41.8 Å². The second kappa shape index (κ2) is 7.83. The minimum atomic E-state index is -1.03. The Morgan fingerprint density at radius 1 is 1.35 bits per heavy atom. The van der Waals surface area contributed by atoms with E-state index in [1.54, 1.807) is 13.8 Å². The third-order valence-corrected chi connectivity index (χ3v) is 4.13. The van der Waals surface area contributed by atoms with Crippen LogP contribution >= 0.6 is 0 Å². The predicted octanol–water partition coefficient (Wildman–Crippen LogP) is 2.86. The third kappa shape index (κ3) is 4.28. The SMILES string of the molecule is Cc1oc(-c2ccccc2)nc1C(=O)OCC(=O)N[C@](C)(C#N)C(C)C. The molecule has 1 amide bonds. The van der Waals surface area contributed by atoms with Crippen LogP contribution in [0.3, 0.4) is 0 Å². The Morgan fingerprint density at radius 2 is 2.00 bits per heavy atom. The fourth-order valence-electron chi connectivity index (χ4n) is 2.12. The van der Waals surface area contributed by atoms with Gasteiger partial charge in [0.15, 0.2) is 12.3 Å². The second-order valence-corrected chi connectivity index (χ2v) is 6.38. The fraction of sp³-hybridized carbons (Fsp3) is 0.368. The Kier molecular flexibility index (Phi) is 5.78. The number of nitriles is 1. The first-order valence-corrected chi connectivity index (χ1v) is 8.19. The summed E-state index contributed by atoms with van der Waals surface area (Å²) in [5.74, 6) is -0.805. The van der Waals surface area contributed by atoms with Crippen molar-refractivity contribution in [1.82, 2.24) is 10.3 Å². The van der Waals surface area contributed by atoms with E-state index < -0.39 is 24.0 Å². The fourth-order valence-corrected chi connectivity index (χ4v) is 2.12. The summed E-state index contributed by atoms with van der Waals surface area (Å²) in [6.45, 7) is 6.35. The van der Waals surface area contributed by atoms with Gasteiger partial charge in [-0.3, -0.25) is 4.79 Å². The summed E-state index contributed by atoms with van der Waals surface area (Å²) < 4.78 is 10.5. The van der Waals surface area contributed by atoms with E-state index in [1.807, 2.05) is 44.2 Å². The van der Waals surface area contributed by atoms with Crippen molar-refractivity contribution in [1.29, 1.82) is 5.26 Å². The molecule has 7 nitrogen and oxygen atoms in total. The number of carbonyl (C=O) groups excluding carboxylic acids is 2. The van der Waals surface area contributed by atoms with Crippen LogP contribution in [0.5, 0.6) is 0 Å². The molecule has 26 heavy (non-hydrogen) atoms. The number of hydrogen-bond acceptors (Lipinski definition) is 6. The van der Waals surface area contributed by atoms with Crippen molar-refractivity contribution < 1.29 is 18.7 Å². The standard InChI is InChI=1S/C19H21N3O4/c1-12(2)19(4,11-20)22-15(23)10-25-18(24)16-13(3)26-17(21-16)14-8-6-5-7-9-14/h5-9,12H,10H2,1-4H3,(H,22,23)/t19-/m1/s1. The summed E-state index contributed by atoms with van der Waals surface area (Å²) in [5.41, 5.74) is -0.286. The summed E-state index contributed by atoms with van der Waals surface area (Å²) in [7, 11) is 0. The quantitative estimate of drug-likeness (QED) is 0.799. The zero-order valence-electron chi connectivity index (χ0n) is 15.2. The Hall–Kier alpha value is -3.14. The van der Waals surface area contributed by atoms with Gasteiger partial charge in [0.05, 0.1) is 6.07 Å². The van der Waals surface area contributed by atoms with E-state index >= 15 is 0 Å². The van der Waals surface area contributed by atoms with Crippen molar-refractivity contribution in [2.24, 2.45) is 5.92 Å². The number of amides is 1. The van der Waals surface area contributed by atoms with Crippen molar-refractivity contribution in [3.63, 3.8) is 0 Å². The van der Waals surface area contributed by atoms with Crippen LogP contribution in [0.2, 0.25) is 0 Å². The molecule has 0 unspecified atom stereocenters. The Bertz CT molecular complexity index is 836. The maximum absolute atomic E-state index is 12.2. The number of nitrogens with one attached hydrogen (secondary N) is 1. The summed E-state index contributed by atoms with van der Waals surface area (Å²) in [5, 5.41) is 11.8. The monoisotopic (exact) mass is 355 g/mol. The van der Waals surface area contributed by atoms with E-state index in [-0.39, 0.29) is 11.6 Å². The average molecular weight is 355 g/mol. The van der Waals surface area contributed by atoms with E-state index in [4.69, 9.17) is 9.15 Å². The van der Waals surface area contributed by atoms with Gasteiger partial charge in [-0.15, -0.1) is 0 Å². The number of oxazole rings is 1. The van der Waals surface area contributed by atoms with Gasteiger partial charge in [-0.1, -0.05) is 32.0 Å². The van der Waals surface area contributed by atoms with Crippen molar-refractivity contribution in [3.8, 4) is 17.5 Å². The largest absolute Gasteiger partial charge is 0.451 e. The van der Waals surface area contributed by atoms with Gasteiger partial charge in [-0.05, 0) is 31.9 Å². The number of ether oxygens (including phenoxy) is 1. The molecule has 0 saturated carbocycles. The van der Waals surface area contributed by atoms with Crippen molar-refractivity contribution in [2.45, 2.75) is 33.2 Å². The van der Waals surface area contributed by atoms with Gasteiger partial charge in [-0.2, -0.15) is 5.26 Å². The zero-order valence-corrected chi connectivity index (χ0v) is 15.2. The minimum Gasteiger partial charge on any atom is -0.451 e. The molecule has 1 aromatic heterocycles. The molecule has 2 rings (SSSR count). The van der Waals surface area contributed by atoms with Gasteiger partial charge < -0.3 is 14.5 Å². The van der Waals surface area contributed by atoms with Crippen LogP contribution in [0.4, 0.5) is 0 Å². The lowest BCUT2D eigenvalue weighted by molar-refractivity contribution is -0.125. The van der Waals surface area contributed by atoms with Gasteiger partial charge in [0.1, 0.15) is 11.3 Å². The number of aromatic nitrogens is 1. The van der Waals surface area contributed by atoms with Gasteiger partial charge >= 0.3 is 5.97 Å². The molecule has 0 aliphatic carbocycles. The molecule has 1 atom stereocenters. The molecule has 0 aliphatic heterocycles. The normalized spacial score (nSPS) is 12.9. The molecular formula is C19H21N3O4. The molecule has 136 valence electrons. The minimum absolute atomic E-state index is 0.0172. The Morgan fingerprint density at radius 3 is 2.58 bits per heavy atom. The first-order chi connectivity index (χ1) is 12.3. The lowest BCUT2D eigenvalue weighted by atomic mass is 9.90. The smallest absolute Gasteiger partial charge is 0.361 e. The number of rotatable bonds is 6. The van der Waals surface area contributed by atoms with Crippen LogP contribution in [-0.2, 0) is 9.53 Å². The number of nitrogens with zero attached hydrogens (tertiary/aromatic N) is 2. The van der Waals surface area contributed by atoms with Crippen LogP contribution in [0.25, 0.3) is 11.5 Å². The Balaban J connectivity index is 2.02. The number of aryl methyl sites for hydroxylation is 1. The van der Waals surface area contributed by atoms with E-state index in [0.717, 1.165) is 5.56 Å². The highest BCUT2D eigenvalue weighted by atomic mass is 16.5. The number of benzene rings is 1. The number of hydrogen-bond donors (Lipinski definition) is 1. The summed E-state index contributed by atoms with van der Waals surface area (Å²) in [6.07, 6.45) is 0. The van der Waals surface area contributed by atoms with Crippen molar-refractivity contribution >= 4 is 11.9 Å². The van der Waals surface area contributed by atoms with Crippen LogP contribution in [0.15, 0.2) is 34.7 Å². The third-order valence-electron chi connectivity index (χ3n) is 4.13. The molecular weight excluding hydrogens is 334 g/mol. The van der Waals surface area contributed by atoms with E-state index in [9.17, 15) is 14.9 Å². The number of carbonyl (C=O) groups is 2. The zero-order chi connectivity index (χ0) is 19.3. The van der Waals surface area contributed by atoms with Gasteiger partial charge in [0.25, 0.3) is 5.91 Å². The molecule has 0 radical (unpaired) electrons. The average Bonchev–Trinajstić information content (AvgIpc) is 3.02. The highest BCUT2D eigenvalue weighted by Gasteiger charge is 2.30. The van der Waals surface area contributed by atoms with E-state index in [2.05, 4.69) is 16.4 Å². The van der Waals surface area contributed by atoms with Crippen LogP contribution < -0.4 is 5.32 Å². The maximum Gasteiger partial charge on any atom is 0.361 e. The lowest BCUT2D eigenvalue weighted by Crippen LogP contribution is -2.50. The molecule has 2 aromatic rings. The molecule has 0 spiro atoms. The van der Waals surface area contributed by atoms with Crippen molar-refractivity contribution in [2.75, 3.05) is 6.61 Å². The number of esters is 1. The first kappa shape index (κ1) is 19.2. The summed E-state index contributed by atoms with van der Waals surface area (Å²) in [6, 6.07) is 11.2. The van der Waals surface area contributed by atoms with Gasteiger partial charge in [-0.25, -0.2) is 9.78 Å². The van der Waals surface area contributed by atoms with Crippen LogP contribution in [0.1, 0.15) is 37.0 Å². The lowest BCUT2D eigenvalue weighted by Gasteiger charge is -2.27. The molecule has 0 fully saturated rings. The molecule has 1 aromatic carbocycles. The van der Waals surface area contributed by atoms with Gasteiger partial charge in [0, 0.05) is 5.56 Å². The molecule has 0 saturated heterocycles. The summed E-state index contributed by atoms with van der Waals surface area (Å²) in [4.78, 5) is 28.3. The highest BCUT2D eigenvalue weighted by molar-refractivity contribution is 5.91. The molecule has 0 aliphatic rings. The highest BCUT2D eigenvalue weighted by Crippen LogP contribution is 2.22. The first-order valence-electron chi connectivity index (χ1n) is 8.19. The van der Waals surface area contributed by atoms with Gasteiger partial charge in [0.2, 0.25) is 5.89 Å². The molecule has 1 heterocycles. The summed E-state index contributed by atoms with van der Waals surface area (Å²) >= 11 is 0. The topological polar surface area (TPSA) is 105 Å². The predicted molar refractivity (Wildman–Crippen MR) is 94.0 cm³/mol. The Labute approximate surface area is 152 Å². The van der Waals surface area contributed by atoms with Crippen LogP contribution in [-0.4, -0.2) is 29.0 Å². The molecule has 0 bridgehead atoms. The van der Waals surface area contributed by atoms with Crippen LogP contribution in [0, 0.1) is 24.2 Å². The van der Waals surface area contributed by atoms with E-state index in [1.165, 1.54) is 0 Å².